The minimum atomic E-state index is 0.462. The fraction of sp³-hybridized carbons (Fsp3) is 0.300. The van der Waals surface area contributed by atoms with Crippen molar-refractivity contribution < 1.29 is 4.42 Å². The van der Waals surface area contributed by atoms with E-state index in [1.807, 2.05) is 6.92 Å². The lowest BCUT2D eigenvalue weighted by Gasteiger charge is -2.01. The van der Waals surface area contributed by atoms with Crippen LogP contribution in [0, 0.1) is 0 Å². The first-order valence-electron chi connectivity index (χ1n) is 5.03. The molecule has 6 nitrogen and oxygen atoms in total. The number of nitrogens with two attached hydrogens (primary N) is 1. The topological polar surface area (TPSA) is 89.9 Å². The van der Waals surface area contributed by atoms with Crippen molar-refractivity contribution in [3.63, 3.8) is 0 Å². The molecule has 2 heterocycles. The Hall–Kier alpha value is -2.11. The summed E-state index contributed by atoms with van der Waals surface area (Å²) in [6, 6.07) is 0. The Kier molecular flexibility index (Phi) is 3.00. The molecule has 0 aliphatic carbocycles. The van der Waals surface area contributed by atoms with Crippen molar-refractivity contribution in [2.45, 2.75) is 19.9 Å². The van der Waals surface area contributed by atoms with E-state index >= 15 is 0 Å². The maximum Gasteiger partial charge on any atom is 0.223 e. The molecule has 0 bridgehead atoms. The number of hydrogen-bond acceptors (Lipinski definition) is 6. The van der Waals surface area contributed by atoms with Crippen LogP contribution < -0.4 is 11.1 Å². The Bertz CT molecular complexity index is 450. The maximum absolute atomic E-state index is 5.47. The summed E-state index contributed by atoms with van der Waals surface area (Å²) in [5.74, 6) is 2.00. The molecule has 6 heteroatoms. The molecule has 16 heavy (non-hydrogen) atoms. The van der Waals surface area contributed by atoms with Crippen molar-refractivity contribution in [2.24, 2.45) is 0 Å². The van der Waals surface area contributed by atoms with Gasteiger partial charge in [0.05, 0.1) is 30.8 Å². The summed E-state index contributed by atoms with van der Waals surface area (Å²) in [5, 5.41) is 2.99. The van der Waals surface area contributed by atoms with Crippen molar-refractivity contribution >= 4 is 11.6 Å². The van der Waals surface area contributed by atoms with E-state index in [-0.39, 0.29) is 0 Å². The quantitative estimate of drug-likeness (QED) is 0.803. The molecule has 2 aromatic heterocycles. The fourth-order valence-electron chi connectivity index (χ4n) is 1.18. The molecule has 2 aromatic rings. The molecule has 0 fully saturated rings. The Morgan fingerprint density at radius 3 is 2.62 bits per heavy atom. The van der Waals surface area contributed by atoms with Crippen molar-refractivity contribution in [2.75, 3.05) is 11.1 Å². The van der Waals surface area contributed by atoms with E-state index in [0.717, 1.165) is 12.2 Å². The number of aromatic nitrogens is 3. The first kappa shape index (κ1) is 10.4. The van der Waals surface area contributed by atoms with Crippen LogP contribution in [-0.4, -0.2) is 15.0 Å². The largest absolute Gasteiger partial charge is 0.444 e. The first-order chi connectivity index (χ1) is 7.78. The van der Waals surface area contributed by atoms with Gasteiger partial charge in [-0.2, -0.15) is 0 Å². The Balaban J connectivity index is 1.94. The van der Waals surface area contributed by atoms with Gasteiger partial charge in [0.2, 0.25) is 11.8 Å². The zero-order chi connectivity index (χ0) is 11.4. The monoisotopic (exact) mass is 219 g/mol. The van der Waals surface area contributed by atoms with Gasteiger partial charge in [0, 0.05) is 6.42 Å². The summed E-state index contributed by atoms with van der Waals surface area (Å²) >= 11 is 0. The van der Waals surface area contributed by atoms with E-state index in [1.54, 1.807) is 18.6 Å². The second-order valence-corrected chi connectivity index (χ2v) is 3.27. The average molecular weight is 219 g/mol. The molecule has 0 aromatic carbocycles. The van der Waals surface area contributed by atoms with E-state index in [0.29, 0.717) is 24.1 Å². The van der Waals surface area contributed by atoms with Crippen molar-refractivity contribution in [3.8, 4) is 0 Å². The molecule has 2 rings (SSSR count). The van der Waals surface area contributed by atoms with Crippen LogP contribution in [0.5, 0.6) is 0 Å². The average Bonchev–Trinajstić information content (AvgIpc) is 2.76. The molecular weight excluding hydrogens is 206 g/mol. The van der Waals surface area contributed by atoms with Gasteiger partial charge in [-0.25, -0.2) is 15.0 Å². The molecule has 0 radical (unpaired) electrons. The normalized spacial score (nSPS) is 10.3. The van der Waals surface area contributed by atoms with Crippen LogP contribution in [0.15, 0.2) is 23.0 Å². The number of hydrogen-bond donors (Lipinski definition) is 2. The second-order valence-electron chi connectivity index (χ2n) is 3.27. The van der Waals surface area contributed by atoms with Crippen molar-refractivity contribution in [1.29, 1.82) is 0 Å². The highest BCUT2D eigenvalue weighted by Crippen LogP contribution is 2.06. The van der Waals surface area contributed by atoms with Crippen LogP contribution in [-0.2, 0) is 13.0 Å². The number of nitrogen functional groups attached to an aromatic ring is 1. The third-order valence-electron chi connectivity index (χ3n) is 2.02. The predicted molar refractivity (Wildman–Crippen MR) is 59.7 cm³/mol. The van der Waals surface area contributed by atoms with Crippen molar-refractivity contribution in [1.82, 2.24) is 15.0 Å². The number of rotatable bonds is 4. The Morgan fingerprint density at radius 2 is 2.00 bits per heavy atom. The summed E-state index contributed by atoms with van der Waals surface area (Å²) in [7, 11) is 0. The van der Waals surface area contributed by atoms with E-state index in [9.17, 15) is 0 Å². The molecule has 0 saturated heterocycles. The summed E-state index contributed by atoms with van der Waals surface area (Å²) in [6.07, 6.45) is 5.65. The minimum Gasteiger partial charge on any atom is -0.444 e. The molecule has 0 aliphatic heterocycles. The summed E-state index contributed by atoms with van der Waals surface area (Å²) in [5.41, 5.74) is 6.01. The smallest absolute Gasteiger partial charge is 0.223 e. The van der Waals surface area contributed by atoms with Crippen LogP contribution in [0.2, 0.25) is 0 Å². The Labute approximate surface area is 92.9 Å². The van der Waals surface area contributed by atoms with Gasteiger partial charge in [-0.3, -0.25) is 0 Å². The first-order valence-corrected chi connectivity index (χ1v) is 5.03. The SMILES string of the molecule is CCc1cnc(CNc2ncc(N)cn2)o1. The zero-order valence-corrected chi connectivity index (χ0v) is 8.97. The summed E-state index contributed by atoms with van der Waals surface area (Å²) in [4.78, 5) is 12.1. The molecule has 0 amide bonds. The standard InChI is InChI=1S/C10H13N5O/c1-2-8-5-12-9(16-8)6-15-10-13-3-7(11)4-14-10/h3-5H,2,6,11H2,1H3,(H,13,14,15). The lowest BCUT2D eigenvalue weighted by Crippen LogP contribution is -2.03. The molecular formula is C10H13N5O. The summed E-state index contributed by atoms with van der Waals surface area (Å²) in [6.45, 7) is 2.48. The van der Waals surface area contributed by atoms with Gasteiger partial charge < -0.3 is 15.5 Å². The summed E-state index contributed by atoms with van der Waals surface area (Å²) < 4.78 is 5.42. The van der Waals surface area contributed by atoms with Crippen LogP contribution in [0.4, 0.5) is 11.6 Å². The highest BCUT2D eigenvalue weighted by molar-refractivity contribution is 5.35. The van der Waals surface area contributed by atoms with Crippen molar-refractivity contribution in [3.05, 3.63) is 30.2 Å². The van der Waals surface area contributed by atoms with E-state index < -0.39 is 0 Å². The van der Waals surface area contributed by atoms with Crippen LogP contribution in [0.3, 0.4) is 0 Å². The number of nitrogens with zero attached hydrogens (tertiary/aromatic N) is 3. The molecule has 0 saturated carbocycles. The molecule has 0 spiro atoms. The number of aryl methyl sites for hydroxylation is 1. The van der Waals surface area contributed by atoms with Crippen LogP contribution in [0.1, 0.15) is 18.6 Å². The van der Waals surface area contributed by atoms with Gasteiger partial charge in [0.25, 0.3) is 0 Å². The highest BCUT2D eigenvalue weighted by atomic mass is 16.4. The van der Waals surface area contributed by atoms with Gasteiger partial charge in [0.1, 0.15) is 5.76 Å². The number of anilines is 2. The molecule has 0 unspecified atom stereocenters. The second kappa shape index (κ2) is 4.61. The predicted octanol–water partition coefficient (Wildman–Crippen LogP) is 1.22. The Morgan fingerprint density at radius 1 is 1.25 bits per heavy atom. The van der Waals surface area contributed by atoms with E-state index in [4.69, 9.17) is 10.2 Å². The molecule has 0 aliphatic rings. The number of nitrogens with one attached hydrogen (secondary N) is 1. The van der Waals surface area contributed by atoms with E-state index in [1.165, 1.54) is 0 Å². The van der Waals surface area contributed by atoms with Gasteiger partial charge >= 0.3 is 0 Å². The molecule has 84 valence electrons. The van der Waals surface area contributed by atoms with Gasteiger partial charge in [-0.1, -0.05) is 6.92 Å². The lowest BCUT2D eigenvalue weighted by molar-refractivity contribution is 0.465. The molecule has 3 N–H and O–H groups in total. The van der Waals surface area contributed by atoms with Gasteiger partial charge in [-0.15, -0.1) is 0 Å². The van der Waals surface area contributed by atoms with Gasteiger partial charge in [-0.05, 0) is 0 Å². The highest BCUT2D eigenvalue weighted by Gasteiger charge is 2.02. The zero-order valence-electron chi connectivity index (χ0n) is 8.97. The van der Waals surface area contributed by atoms with Gasteiger partial charge in [0.15, 0.2) is 0 Å². The third-order valence-corrected chi connectivity index (χ3v) is 2.02. The van der Waals surface area contributed by atoms with Crippen LogP contribution in [0.25, 0.3) is 0 Å². The maximum atomic E-state index is 5.47. The fourth-order valence-corrected chi connectivity index (χ4v) is 1.18. The number of oxazole rings is 1. The lowest BCUT2D eigenvalue weighted by atomic mass is 10.4. The van der Waals surface area contributed by atoms with E-state index in [2.05, 4.69) is 20.3 Å². The third kappa shape index (κ3) is 2.47. The molecule has 0 atom stereocenters. The van der Waals surface area contributed by atoms with Crippen LogP contribution >= 0.6 is 0 Å². The minimum absolute atomic E-state index is 0.462.